The summed E-state index contributed by atoms with van der Waals surface area (Å²) in [5, 5.41) is 3.21. The number of hydrogen-bond donors (Lipinski definition) is 2. The third kappa shape index (κ3) is 3.72. The van der Waals surface area contributed by atoms with E-state index in [-0.39, 0.29) is 33.9 Å². The van der Waals surface area contributed by atoms with Crippen molar-refractivity contribution in [3.63, 3.8) is 0 Å². The van der Waals surface area contributed by atoms with E-state index in [1.807, 2.05) is 0 Å². The number of nitrogens with one attached hydrogen (secondary N) is 1. The molecule has 3 atom stereocenters. The predicted molar refractivity (Wildman–Crippen MR) is 121 cm³/mol. The van der Waals surface area contributed by atoms with Crippen molar-refractivity contribution in [2.24, 2.45) is 28.9 Å². The van der Waals surface area contributed by atoms with Gasteiger partial charge in [-0.05, 0) is 62.0 Å². The number of nitrogens with zero attached hydrogens (tertiary/aromatic N) is 1. The first kappa shape index (κ1) is 22.0. The summed E-state index contributed by atoms with van der Waals surface area (Å²) < 4.78 is 28.3. The molecule has 0 radical (unpaired) electrons. The molecule has 11 heteroatoms. The number of carbonyl (C=O) groups is 2. The Kier molecular flexibility index (Phi) is 5.61. The molecule has 6 rings (SSSR count). The second kappa shape index (κ2) is 7.90. The van der Waals surface area contributed by atoms with E-state index >= 15 is 0 Å². The van der Waals surface area contributed by atoms with Crippen LogP contribution in [-0.2, 0) is 19.6 Å². The van der Waals surface area contributed by atoms with Gasteiger partial charge < -0.3 is 11.1 Å². The number of amides is 2. The molecular formula is C20H26ClN3O4S3. The SMILES string of the molecule is NC(=O)C12CC3CC(C1)C(NC(=O)C1CSCCN1S(=O)(=O)c1ccc(Cl)s1)C(C3)C2. The first-order valence-electron chi connectivity index (χ1n) is 10.6. The fraction of sp³-hybridized carbons (Fsp3) is 0.700. The van der Waals surface area contributed by atoms with Gasteiger partial charge in [0.25, 0.3) is 10.0 Å². The molecule has 4 aliphatic carbocycles. The molecule has 4 saturated carbocycles. The van der Waals surface area contributed by atoms with E-state index in [9.17, 15) is 18.0 Å². The van der Waals surface area contributed by atoms with Gasteiger partial charge in [0.1, 0.15) is 10.3 Å². The molecule has 5 fully saturated rings. The van der Waals surface area contributed by atoms with Crippen LogP contribution in [0.15, 0.2) is 16.3 Å². The van der Waals surface area contributed by atoms with Crippen molar-refractivity contribution in [2.45, 2.75) is 48.4 Å². The number of hydrogen-bond acceptors (Lipinski definition) is 6. The highest BCUT2D eigenvalue weighted by Gasteiger charge is 2.58. The van der Waals surface area contributed by atoms with E-state index in [0.717, 1.165) is 43.4 Å². The Balaban J connectivity index is 1.35. The molecule has 7 nitrogen and oxygen atoms in total. The smallest absolute Gasteiger partial charge is 0.253 e. The largest absolute Gasteiger partial charge is 0.369 e. The van der Waals surface area contributed by atoms with E-state index in [0.29, 0.717) is 28.3 Å². The summed E-state index contributed by atoms with van der Waals surface area (Å²) in [6.45, 7) is 0.297. The Morgan fingerprint density at radius 2 is 1.90 bits per heavy atom. The summed E-state index contributed by atoms with van der Waals surface area (Å²) >= 11 is 8.56. The Labute approximate surface area is 195 Å². The average Bonchev–Trinajstić information content (AvgIpc) is 3.17. The van der Waals surface area contributed by atoms with Gasteiger partial charge in [0.2, 0.25) is 11.8 Å². The molecule has 3 unspecified atom stereocenters. The minimum atomic E-state index is -3.79. The number of carbonyl (C=O) groups excluding carboxylic acids is 2. The Morgan fingerprint density at radius 3 is 2.52 bits per heavy atom. The van der Waals surface area contributed by atoms with Gasteiger partial charge >= 0.3 is 0 Å². The quantitative estimate of drug-likeness (QED) is 0.640. The highest BCUT2D eigenvalue weighted by Crippen LogP contribution is 2.59. The van der Waals surface area contributed by atoms with Gasteiger partial charge in [0.05, 0.1) is 4.34 Å². The van der Waals surface area contributed by atoms with Gasteiger partial charge in [-0.25, -0.2) is 8.42 Å². The fourth-order valence-corrected chi connectivity index (χ4v) is 10.9. The van der Waals surface area contributed by atoms with Crippen molar-refractivity contribution in [1.82, 2.24) is 9.62 Å². The lowest BCUT2D eigenvalue weighted by Gasteiger charge is -2.59. The summed E-state index contributed by atoms with van der Waals surface area (Å²) in [6.07, 6.45) is 4.35. The van der Waals surface area contributed by atoms with Crippen molar-refractivity contribution in [3.8, 4) is 0 Å². The summed E-state index contributed by atoms with van der Waals surface area (Å²) in [4.78, 5) is 25.5. The summed E-state index contributed by atoms with van der Waals surface area (Å²) in [7, 11) is -3.79. The maximum absolute atomic E-state index is 13.4. The third-order valence-electron chi connectivity index (χ3n) is 7.60. The number of rotatable bonds is 5. The maximum atomic E-state index is 13.4. The number of sulfonamides is 1. The normalized spacial score (nSPS) is 37.6. The number of nitrogens with two attached hydrogens (primary N) is 1. The van der Waals surface area contributed by atoms with Gasteiger partial charge in [-0.2, -0.15) is 16.1 Å². The minimum Gasteiger partial charge on any atom is -0.369 e. The van der Waals surface area contributed by atoms with Crippen molar-refractivity contribution in [3.05, 3.63) is 16.5 Å². The van der Waals surface area contributed by atoms with E-state index < -0.39 is 21.5 Å². The lowest BCUT2D eigenvalue weighted by molar-refractivity contribution is -0.147. The molecule has 1 aromatic rings. The molecule has 31 heavy (non-hydrogen) atoms. The molecule has 1 aliphatic heterocycles. The third-order valence-corrected chi connectivity index (χ3v) is 12.2. The molecule has 1 aromatic heterocycles. The Bertz CT molecular complexity index is 997. The number of thiophene rings is 1. The van der Waals surface area contributed by atoms with Gasteiger partial charge in [-0.15, -0.1) is 11.3 Å². The van der Waals surface area contributed by atoms with Crippen molar-refractivity contribution in [1.29, 1.82) is 0 Å². The zero-order valence-corrected chi connectivity index (χ0v) is 20.2. The lowest BCUT2D eigenvalue weighted by atomic mass is 9.47. The number of thioether (sulfide) groups is 1. The van der Waals surface area contributed by atoms with Crippen LogP contribution in [0.2, 0.25) is 4.34 Å². The van der Waals surface area contributed by atoms with E-state index in [1.54, 1.807) is 17.8 Å². The van der Waals surface area contributed by atoms with Gasteiger partial charge in [-0.3, -0.25) is 9.59 Å². The lowest BCUT2D eigenvalue weighted by Crippen LogP contribution is -2.64. The van der Waals surface area contributed by atoms with Crippen molar-refractivity contribution in [2.75, 3.05) is 18.1 Å². The second-order valence-corrected chi connectivity index (χ2v) is 14.4. The molecule has 3 N–H and O–H groups in total. The highest BCUT2D eigenvalue weighted by molar-refractivity contribution is 7.99. The molecule has 1 saturated heterocycles. The Morgan fingerprint density at radius 1 is 1.19 bits per heavy atom. The van der Waals surface area contributed by atoms with E-state index in [1.165, 1.54) is 10.4 Å². The minimum absolute atomic E-state index is 0.0100. The number of halogens is 1. The standard InChI is InChI=1S/C20H26ClN3O4S3/c21-15-1-2-16(30-15)31(27,28)24-3-4-29-10-14(24)18(25)23-17-12-5-11-6-13(17)9-20(7-11,8-12)19(22)26/h1-2,11-14,17H,3-10H2,(H2,22,26)(H,23,25). The van der Waals surface area contributed by atoms with Crippen LogP contribution < -0.4 is 11.1 Å². The molecule has 2 heterocycles. The van der Waals surface area contributed by atoms with Crippen LogP contribution in [0.5, 0.6) is 0 Å². The first-order valence-corrected chi connectivity index (χ1v) is 14.4. The number of primary amides is 1. The van der Waals surface area contributed by atoms with E-state index in [4.69, 9.17) is 17.3 Å². The summed E-state index contributed by atoms with van der Waals surface area (Å²) in [6, 6.07) is 2.31. The van der Waals surface area contributed by atoms with Crippen LogP contribution in [0, 0.1) is 23.2 Å². The average molecular weight is 504 g/mol. The summed E-state index contributed by atoms with van der Waals surface area (Å²) in [5.41, 5.74) is 5.36. The first-order chi connectivity index (χ1) is 14.7. The van der Waals surface area contributed by atoms with Gasteiger partial charge in [0.15, 0.2) is 0 Å². The van der Waals surface area contributed by atoms with Gasteiger partial charge in [0, 0.05) is 29.5 Å². The highest BCUT2D eigenvalue weighted by atomic mass is 35.5. The topological polar surface area (TPSA) is 110 Å². The van der Waals surface area contributed by atoms with E-state index in [2.05, 4.69) is 5.32 Å². The monoisotopic (exact) mass is 503 g/mol. The van der Waals surface area contributed by atoms with Crippen LogP contribution in [0.25, 0.3) is 0 Å². The fourth-order valence-electron chi connectivity index (χ4n) is 6.46. The Hall–Kier alpha value is -0.810. The van der Waals surface area contributed by atoms with Crippen molar-refractivity contribution >= 4 is 56.5 Å². The van der Waals surface area contributed by atoms with Crippen LogP contribution in [0.3, 0.4) is 0 Å². The molecule has 4 bridgehead atoms. The predicted octanol–water partition coefficient (Wildman–Crippen LogP) is 2.30. The van der Waals surface area contributed by atoms with Crippen LogP contribution in [-0.4, -0.2) is 54.7 Å². The maximum Gasteiger partial charge on any atom is 0.253 e. The molecule has 0 spiro atoms. The molecule has 0 aromatic carbocycles. The van der Waals surface area contributed by atoms with Crippen molar-refractivity contribution < 1.29 is 18.0 Å². The van der Waals surface area contributed by atoms with Crippen LogP contribution >= 0.6 is 34.7 Å². The second-order valence-electron chi connectivity index (χ2n) is 9.41. The van der Waals surface area contributed by atoms with Gasteiger partial charge in [-0.1, -0.05) is 11.6 Å². The molecule has 170 valence electrons. The zero-order valence-electron chi connectivity index (χ0n) is 17.0. The summed E-state index contributed by atoms with van der Waals surface area (Å²) in [5.74, 6) is 1.62. The molecular weight excluding hydrogens is 478 g/mol. The molecule has 2 amide bonds. The zero-order chi connectivity index (χ0) is 22.0. The van der Waals surface area contributed by atoms with Crippen LogP contribution in [0.1, 0.15) is 32.1 Å². The van der Waals surface area contributed by atoms with Crippen LogP contribution in [0.4, 0.5) is 0 Å². The molecule has 5 aliphatic rings.